The summed E-state index contributed by atoms with van der Waals surface area (Å²) in [6.45, 7) is 7.06. The van der Waals surface area contributed by atoms with Crippen LogP contribution in [0.1, 0.15) is 45.6 Å². The molecule has 0 bridgehead atoms. The topological polar surface area (TPSA) is 18.5 Å². The minimum Gasteiger partial charge on any atom is -0.493 e. The Morgan fingerprint density at radius 2 is 1.76 bits per heavy atom. The summed E-state index contributed by atoms with van der Waals surface area (Å²) in [5.41, 5.74) is 1.44. The molecule has 1 aromatic carbocycles. The lowest BCUT2D eigenvalue weighted by molar-refractivity contribution is 0.213. The summed E-state index contributed by atoms with van der Waals surface area (Å²) in [6.07, 6.45) is 3.86. The number of halogens is 1. The van der Waals surface area contributed by atoms with Gasteiger partial charge in [-0.25, -0.2) is 0 Å². The number of ether oxygens (including phenoxy) is 2. The molecule has 1 aliphatic carbocycles. The molecule has 3 unspecified atom stereocenters. The lowest BCUT2D eigenvalue weighted by Crippen LogP contribution is -2.38. The lowest BCUT2D eigenvalue weighted by Gasteiger charge is -2.42. The van der Waals surface area contributed by atoms with Crippen LogP contribution in [-0.4, -0.2) is 19.0 Å². The summed E-state index contributed by atoms with van der Waals surface area (Å²) >= 11 is 3.94. The molecular formula is C18H27BrO2. The van der Waals surface area contributed by atoms with Crippen molar-refractivity contribution in [3.8, 4) is 11.5 Å². The first-order chi connectivity index (χ1) is 9.90. The largest absolute Gasteiger partial charge is 0.493 e. The van der Waals surface area contributed by atoms with Crippen molar-refractivity contribution in [3.05, 3.63) is 23.8 Å². The average molecular weight is 355 g/mol. The Morgan fingerprint density at radius 3 is 2.33 bits per heavy atom. The van der Waals surface area contributed by atoms with Crippen LogP contribution in [0.3, 0.4) is 0 Å². The number of alkyl halides is 1. The van der Waals surface area contributed by atoms with Gasteiger partial charge in [-0.05, 0) is 47.8 Å². The fraction of sp³-hybridized carbons (Fsp3) is 0.667. The average Bonchev–Trinajstić information content (AvgIpc) is 2.46. The van der Waals surface area contributed by atoms with Gasteiger partial charge < -0.3 is 9.47 Å². The number of rotatable bonds is 4. The van der Waals surface area contributed by atoms with E-state index in [1.54, 1.807) is 14.2 Å². The van der Waals surface area contributed by atoms with E-state index in [9.17, 15) is 0 Å². The standard InChI is InChI=1S/C18H27BrO2/c1-12-6-8-14(15(19)10-12)18(2,3)13-7-9-16(20-4)17(11-13)21-5/h7,9,11-12,14-15H,6,8,10H2,1-5H3. The van der Waals surface area contributed by atoms with E-state index >= 15 is 0 Å². The summed E-state index contributed by atoms with van der Waals surface area (Å²) in [7, 11) is 3.38. The molecule has 1 saturated carbocycles. The molecule has 0 spiro atoms. The predicted octanol–water partition coefficient (Wildman–Crippen LogP) is 5.18. The molecule has 1 fully saturated rings. The Morgan fingerprint density at radius 1 is 1.10 bits per heavy atom. The van der Waals surface area contributed by atoms with Crippen molar-refractivity contribution in [2.24, 2.45) is 11.8 Å². The summed E-state index contributed by atoms with van der Waals surface area (Å²) in [4.78, 5) is 0.587. The van der Waals surface area contributed by atoms with E-state index in [-0.39, 0.29) is 5.41 Å². The van der Waals surface area contributed by atoms with Gasteiger partial charge in [0, 0.05) is 4.83 Å². The van der Waals surface area contributed by atoms with Crippen molar-refractivity contribution < 1.29 is 9.47 Å². The van der Waals surface area contributed by atoms with E-state index in [4.69, 9.17) is 9.47 Å². The zero-order chi connectivity index (χ0) is 15.6. The maximum Gasteiger partial charge on any atom is 0.161 e. The molecule has 21 heavy (non-hydrogen) atoms. The highest BCUT2D eigenvalue weighted by Gasteiger charge is 2.39. The monoisotopic (exact) mass is 354 g/mol. The minimum atomic E-state index is 0.119. The number of methoxy groups -OCH3 is 2. The van der Waals surface area contributed by atoms with Crippen LogP contribution in [0.5, 0.6) is 11.5 Å². The molecule has 0 N–H and O–H groups in total. The summed E-state index contributed by atoms with van der Waals surface area (Å²) in [6, 6.07) is 6.33. The Bertz CT molecular complexity index is 484. The second-order valence-electron chi connectivity index (χ2n) is 6.83. The van der Waals surface area contributed by atoms with Crippen LogP contribution in [0, 0.1) is 11.8 Å². The summed E-state index contributed by atoms with van der Waals surface area (Å²) in [5.74, 6) is 3.08. The maximum atomic E-state index is 5.47. The second kappa shape index (κ2) is 6.60. The Kier molecular flexibility index (Phi) is 5.24. The first-order valence-corrected chi connectivity index (χ1v) is 8.68. The zero-order valence-electron chi connectivity index (χ0n) is 13.8. The van der Waals surface area contributed by atoms with Crippen molar-refractivity contribution in [1.82, 2.24) is 0 Å². The van der Waals surface area contributed by atoms with Gasteiger partial charge in [-0.15, -0.1) is 0 Å². The van der Waals surface area contributed by atoms with Gasteiger partial charge in [-0.1, -0.05) is 49.2 Å². The van der Waals surface area contributed by atoms with E-state index in [1.807, 2.05) is 6.07 Å². The van der Waals surface area contributed by atoms with E-state index in [2.05, 4.69) is 48.8 Å². The third kappa shape index (κ3) is 3.39. The van der Waals surface area contributed by atoms with Crippen LogP contribution in [-0.2, 0) is 5.41 Å². The molecule has 0 amide bonds. The first-order valence-electron chi connectivity index (χ1n) is 7.76. The normalized spacial score (nSPS) is 26.5. The minimum absolute atomic E-state index is 0.119. The van der Waals surface area contributed by atoms with Crippen LogP contribution in [0.25, 0.3) is 0 Å². The van der Waals surface area contributed by atoms with Gasteiger partial charge in [0.15, 0.2) is 11.5 Å². The summed E-state index contributed by atoms with van der Waals surface area (Å²) in [5, 5.41) is 0. The van der Waals surface area contributed by atoms with Crippen LogP contribution in [0.2, 0.25) is 0 Å². The molecule has 0 heterocycles. The van der Waals surface area contributed by atoms with Crippen molar-refractivity contribution in [1.29, 1.82) is 0 Å². The predicted molar refractivity (Wildman–Crippen MR) is 91.8 cm³/mol. The van der Waals surface area contributed by atoms with Crippen molar-refractivity contribution in [3.63, 3.8) is 0 Å². The van der Waals surface area contributed by atoms with Gasteiger partial charge in [0.2, 0.25) is 0 Å². The van der Waals surface area contributed by atoms with Crippen LogP contribution in [0.15, 0.2) is 18.2 Å². The van der Waals surface area contributed by atoms with Gasteiger partial charge in [0.05, 0.1) is 14.2 Å². The third-order valence-corrected chi connectivity index (χ3v) is 6.10. The maximum absolute atomic E-state index is 5.47. The van der Waals surface area contributed by atoms with Crippen LogP contribution in [0.4, 0.5) is 0 Å². The highest BCUT2D eigenvalue weighted by Crippen LogP contribution is 2.46. The molecule has 2 rings (SSSR count). The van der Waals surface area contributed by atoms with E-state index < -0.39 is 0 Å². The van der Waals surface area contributed by atoms with Gasteiger partial charge in [-0.2, -0.15) is 0 Å². The molecule has 1 aliphatic rings. The molecule has 1 aromatic rings. The molecule has 0 aliphatic heterocycles. The smallest absolute Gasteiger partial charge is 0.161 e. The van der Waals surface area contributed by atoms with E-state index in [1.165, 1.54) is 24.8 Å². The van der Waals surface area contributed by atoms with Gasteiger partial charge in [-0.3, -0.25) is 0 Å². The second-order valence-corrected chi connectivity index (χ2v) is 8.01. The molecule has 118 valence electrons. The fourth-order valence-electron chi connectivity index (χ4n) is 3.58. The number of hydrogen-bond acceptors (Lipinski definition) is 2. The molecule has 0 saturated heterocycles. The quantitative estimate of drug-likeness (QED) is 0.693. The molecular weight excluding hydrogens is 328 g/mol. The van der Waals surface area contributed by atoms with Gasteiger partial charge in [0.1, 0.15) is 0 Å². The Labute approximate surface area is 137 Å². The first kappa shape index (κ1) is 16.7. The number of benzene rings is 1. The number of hydrogen-bond donors (Lipinski definition) is 0. The summed E-state index contributed by atoms with van der Waals surface area (Å²) < 4.78 is 10.8. The van der Waals surface area contributed by atoms with Crippen molar-refractivity contribution in [2.45, 2.75) is 50.3 Å². The fourth-order valence-corrected chi connectivity index (χ4v) is 5.14. The highest BCUT2D eigenvalue weighted by molar-refractivity contribution is 9.09. The highest BCUT2D eigenvalue weighted by atomic mass is 79.9. The van der Waals surface area contributed by atoms with E-state index in [0.717, 1.165) is 17.4 Å². The van der Waals surface area contributed by atoms with E-state index in [0.29, 0.717) is 10.7 Å². The van der Waals surface area contributed by atoms with Crippen molar-refractivity contribution >= 4 is 15.9 Å². The molecule has 2 nitrogen and oxygen atoms in total. The molecule has 3 heteroatoms. The molecule has 0 radical (unpaired) electrons. The van der Waals surface area contributed by atoms with Gasteiger partial charge >= 0.3 is 0 Å². The Balaban J connectivity index is 2.30. The lowest BCUT2D eigenvalue weighted by atomic mass is 9.66. The van der Waals surface area contributed by atoms with Crippen LogP contribution < -0.4 is 9.47 Å². The van der Waals surface area contributed by atoms with Crippen molar-refractivity contribution in [2.75, 3.05) is 14.2 Å². The van der Waals surface area contributed by atoms with Crippen LogP contribution >= 0.6 is 15.9 Å². The third-order valence-electron chi connectivity index (χ3n) is 5.09. The molecule has 3 atom stereocenters. The van der Waals surface area contributed by atoms with Gasteiger partial charge in [0.25, 0.3) is 0 Å². The Hall–Kier alpha value is -0.700. The SMILES string of the molecule is COc1ccc(C(C)(C)C2CCC(C)CC2Br)cc1OC. The molecule has 0 aromatic heterocycles. The zero-order valence-corrected chi connectivity index (χ0v) is 15.4.